The topological polar surface area (TPSA) is 74.6 Å². The Morgan fingerprint density at radius 1 is 0.556 bits per heavy atom. The number of aliphatic carboxylic acids is 2. The molecule has 4 nitrogen and oxygen atoms in total. The van der Waals surface area contributed by atoms with Crippen molar-refractivity contribution in [1.82, 2.24) is 0 Å². The minimum atomic E-state index is -0.489. The zero-order valence-corrected chi connectivity index (χ0v) is 16.0. The van der Waals surface area contributed by atoms with E-state index in [2.05, 4.69) is 15.9 Å². The van der Waals surface area contributed by atoms with Gasteiger partial charge in [-0.2, -0.15) is 0 Å². The lowest BCUT2D eigenvalue weighted by Crippen LogP contribution is -2.46. The molecule has 0 aliphatic heterocycles. The quantitative estimate of drug-likeness (QED) is 0.661. The second-order valence-electron chi connectivity index (χ2n) is 12.7. The third-order valence-corrected chi connectivity index (χ3v) is 15.9. The first-order valence-electron chi connectivity index (χ1n) is 11.1. The maximum Gasteiger partial charge on any atom is 0.310 e. The van der Waals surface area contributed by atoms with Gasteiger partial charge in [0.15, 0.2) is 0 Å². The van der Waals surface area contributed by atoms with Crippen molar-refractivity contribution in [2.45, 2.75) is 4.32 Å². The minimum Gasteiger partial charge on any atom is -0.481 e. The monoisotopic (exact) mass is 426 g/mol. The lowest BCUT2D eigenvalue weighted by molar-refractivity contribution is -0.159. The first-order valence-corrected chi connectivity index (χ1v) is 11.9. The van der Waals surface area contributed by atoms with Crippen LogP contribution in [0.3, 0.4) is 0 Å². The smallest absolute Gasteiger partial charge is 0.310 e. The van der Waals surface area contributed by atoms with E-state index >= 15 is 0 Å². The van der Waals surface area contributed by atoms with Gasteiger partial charge in [0, 0.05) is 4.32 Å². The molecule has 2 N–H and O–H groups in total. The Labute approximate surface area is 163 Å². The molecule has 5 heteroatoms. The van der Waals surface area contributed by atoms with E-state index in [4.69, 9.17) is 0 Å². The standard InChI is InChI=1S/C22H19BrO4/c23-22-15-4-1-2-5-6-3(1)13(15)21(19(26)27)12(6)8-9(17(21)22)14-16(22)7(4)10(2)20(14,11(5)8)18(24)25/h1-17H,(H,24,25)(H,26,27). The largest absolute Gasteiger partial charge is 0.481 e. The molecule has 12 aliphatic carbocycles. The fourth-order valence-electron chi connectivity index (χ4n) is 16.3. The third-order valence-electron chi connectivity index (χ3n) is 14.4. The molecule has 0 heterocycles. The summed E-state index contributed by atoms with van der Waals surface area (Å²) < 4.78 is -0.0265. The van der Waals surface area contributed by atoms with Gasteiger partial charge in [-0.3, -0.25) is 9.59 Å². The number of hydrogen-bond donors (Lipinski definition) is 2. The van der Waals surface area contributed by atoms with E-state index in [0.29, 0.717) is 94.7 Å². The molecule has 12 aliphatic rings. The van der Waals surface area contributed by atoms with E-state index in [-0.39, 0.29) is 10.2 Å². The molecule has 0 amide bonds. The van der Waals surface area contributed by atoms with E-state index in [1.807, 2.05) is 0 Å². The van der Waals surface area contributed by atoms with Crippen molar-refractivity contribution in [2.75, 3.05) is 0 Å². The maximum atomic E-state index is 13.1. The summed E-state index contributed by atoms with van der Waals surface area (Å²) in [7, 11) is 0. The molecule has 0 saturated heterocycles. The Balaban J connectivity index is 1.42. The summed E-state index contributed by atoms with van der Waals surface area (Å²) in [6, 6.07) is 0. The predicted octanol–water partition coefficient (Wildman–Crippen LogP) is 1.89. The van der Waals surface area contributed by atoms with Gasteiger partial charge in [-0.1, -0.05) is 15.9 Å². The molecule has 0 aromatic rings. The number of rotatable bonds is 2. The number of alkyl halides is 1. The number of carbonyl (C=O) groups is 2. The van der Waals surface area contributed by atoms with Gasteiger partial charge in [0.2, 0.25) is 0 Å². The average Bonchev–Trinajstić information content (AvgIpc) is 3.32. The molecular weight excluding hydrogens is 408 g/mol. The van der Waals surface area contributed by atoms with Crippen molar-refractivity contribution in [1.29, 1.82) is 0 Å². The highest BCUT2D eigenvalue weighted by Crippen LogP contribution is 3.07. The molecule has 20 atom stereocenters. The molecule has 0 aromatic heterocycles. The van der Waals surface area contributed by atoms with Crippen LogP contribution in [0.15, 0.2) is 0 Å². The first kappa shape index (κ1) is 12.9. The van der Waals surface area contributed by atoms with Gasteiger partial charge in [-0.25, -0.2) is 0 Å². The van der Waals surface area contributed by atoms with E-state index in [1.54, 1.807) is 0 Å². The van der Waals surface area contributed by atoms with Gasteiger partial charge in [-0.05, 0) is 101 Å². The van der Waals surface area contributed by atoms with Crippen LogP contribution < -0.4 is 0 Å². The SMILES string of the molecule is O=C(O)C12C3C4C5C6C3C3C1C1C7C2C4C2C5C4C6C3(Br)C1C4(C(=O)O)C27. The Bertz CT molecular complexity index is 1040. The van der Waals surface area contributed by atoms with Crippen molar-refractivity contribution >= 4 is 27.9 Å². The first-order chi connectivity index (χ1) is 13.0. The molecule has 0 radical (unpaired) electrons. The molecule has 0 spiro atoms. The van der Waals surface area contributed by atoms with Crippen molar-refractivity contribution in [3.8, 4) is 0 Å². The average molecular weight is 427 g/mol. The zero-order valence-electron chi connectivity index (χ0n) is 14.4. The summed E-state index contributed by atoms with van der Waals surface area (Å²) in [5.41, 5.74) is -0.949. The number of halogens is 1. The second-order valence-corrected chi connectivity index (χ2v) is 14.0. The van der Waals surface area contributed by atoms with Crippen LogP contribution in [0.1, 0.15) is 0 Å². The van der Waals surface area contributed by atoms with Crippen LogP contribution in [0.4, 0.5) is 0 Å². The van der Waals surface area contributed by atoms with Crippen molar-refractivity contribution in [3.05, 3.63) is 0 Å². The number of carboxylic acids is 2. The fraction of sp³-hybridized carbons (Fsp3) is 0.909. The summed E-state index contributed by atoms with van der Waals surface area (Å²) in [6.07, 6.45) is 0. The van der Waals surface area contributed by atoms with Gasteiger partial charge in [0.1, 0.15) is 0 Å². The van der Waals surface area contributed by atoms with E-state index in [1.165, 1.54) is 0 Å². The summed E-state index contributed by atoms with van der Waals surface area (Å²) in [5, 5.41) is 21.5. The summed E-state index contributed by atoms with van der Waals surface area (Å²) in [5.74, 6) is 7.42. The predicted molar refractivity (Wildman–Crippen MR) is 91.1 cm³/mol. The Hall–Kier alpha value is -0.580. The molecule has 20 unspecified atom stereocenters. The molecule has 12 rings (SSSR count). The number of carboxylic acid groups (broad SMARTS) is 2. The summed E-state index contributed by atoms with van der Waals surface area (Å²) >= 11 is 4.34. The second kappa shape index (κ2) is 2.74. The van der Waals surface area contributed by atoms with Crippen LogP contribution in [0, 0.1) is 111 Å². The van der Waals surface area contributed by atoms with Crippen molar-refractivity contribution in [3.63, 3.8) is 0 Å². The summed E-state index contributed by atoms with van der Waals surface area (Å²) in [4.78, 5) is 26.2. The lowest BCUT2D eigenvalue weighted by Gasteiger charge is -2.39. The third kappa shape index (κ3) is 0.624. The highest BCUT2D eigenvalue weighted by molar-refractivity contribution is 9.10. The Morgan fingerprint density at radius 3 is 1.67 bits per heavy atom. The molecule has 0 bridgehead atoms. The van der Waals surface area contributed by atoms with Gasteiger partial charge < -0.3 is 10.2 Å². The molecule has 138 valence electrons. The van der Waals surface area contributed by atoms with Crippen LogP contribution in [-0.4, -0.2) is 26.5 Å². The van der Waals surface area contributed by atoms with Crippen LogP contribution in [-0.2, 0) is 9.59 Å². The van der Waals surface area contributed by atoms with Crippen LogP contribution in [0.2, 0.25) is 0 Å². The van der Waals surface area contributed by atoms with Gasteiger partial charge in [-0.15, -0.1) is 0 Å². The van der Waals surface area contributed by atoms with Gasteiger partial charge in [0.25, 0.3) is 0 Å². The summed E-state index contributed by atoms with van der Waals surface area (Å²) in [6.45, 7) is 0. The van der Waals surface area contributed by atoms with Crippen LogP contribution in [0.5, 0.6) is 0 Å². The Kier molecular flexibility index (Phi) is 1.30. The van der Waals surface area contributed by atoms with Gasteiger partial charge >= 0.3 is 11.9 Å². The van der Waals surface area contributed by atoms with Crippen molar-refractivity contribution < 1.29 is 19.8 Å². The van der Waals surface area contributed by atoms with E-state index < -0.39 is 22.8 Å². The maximum absolute atomic E-state index is 13.1. The molecule has 0 aromatic carbocycles. The van der Waals surface area contributed by atoms with Crippen LogP contribution in [0.25, 0.3) is 0 Å². The van der Waals surface area contributed by atoms with Crippen molar-refractivity contribution in [2.24, 2.45) is 111 Å². The minimum absolute atomic E-state index is 0.0265. The molecule has 12 saturated carbocycles. The zero-order chi connectivity index (χ0) is 17.5. The van der Waals surface area contributed by atoms with Crippen LogP contribution >= 0.6 is 15.9 Å². The number of hydrogen-bond acceptors (Lipinski definition) is 2. The molecular formula is C22H19BrO4. The highest BCUT2D eigenvalue weighted by atomic mass is 79.9. The Morgan fingerprint density at radius 2 is 1.00 bits per heavy atom. The normalized spacial score (nSPS) is 91.1. The van der Waals surface area contributed by atoms with E-state index in [0.717, 1.165) is 0 Å². The van der Waals surface area contributed by atoms with Gasteiger partial charge in [0.05, 0.1) is 10.8 Å². The van der Waals surface area contributed by atoms with E-state index in [9.17, 15) is 19.8 Å². The molecule has 12 fully saturated rings. The fourth-order valence-corrected chi connectivity index (χ4v) is 18.2. The lowest BCUT2D eigenvalue weighted by atomic mass is 9.63. The molecule has 27 heavy (non-hydrogen) atoms. The highest BCUT2D eigenvalue weighted by Gasteiger charge is 3.08.